The minimum Gasteiger partial charge on any atom is -0.207 e. The number of halogens is 4. The normalized spacial score (nSPS) is 31.2. The Balaban J connectivity index is 1.15. The fourth-order valence-electron chi connectivity index (χ4n) is 7.49. The molecule has 3 saturated carbocycles. The monoisotopic (exact) mass is 498 g/mol. The lowest BCUT2D eigenvalue weighted by Crippen LogP contribution is -2.25. The van der Waals surface area contributed by atoms with Crippen molar-refractivity contribution in [3.8, 4) is 0 Å². The summed E-state index contributed by atoms with van der Waals surface area (Å²) in [4.78, 5) is 0. The van der Waals surface area contributed by atoms with Crippen molar-refractivity contribution >= 4 is 0 Å². The minimum absolute atomic E-state index is 0.0367. The predicted octanol–water partition coefficient (Wildman–Crippen LogP) is 9.95. The number of rotatable bonds is 5. The Morgan fingerprint density at radius 2 is 1.00 bits per heavy atom. The van der Waals surface area contributed by atoms with Gasteiger partial charge in [0, 0.05) is 5.56 Å². The van der Waals surface area contributed by atoms with E-state index in [1.807, 2.05) is 6.08 Å². The molecule has 5 rings (SSSR count). The van der Waals surface area contributed by atoms with Crippen LogP contribution < -0.4 is 0 Å². The van der Waals surface area contributed by atoms with Crippen LogP contribution in [0, 0.1) is 41.0 Å². The van der Waals surface area contributed by atoms with Gasteiger partial charge in [0.1, 0.15) is 11.6 Å². The lowest BCUT2D eigenvalue weighted by Gasteiger charge is -2.38. The molecule has 0 aromatic heterocycles. The number of hydrogen-bond acceptors (Lipinski definition) is 0. The van der Waals surface area contributed by atoms with Crippen molar-refractivity contribution in [1.82, 2.24) is 0 Å². The molecule has 0 N–H and O–H groups in total. The summed E-state index contributed by atoms with van der Waals surface area (Å²) in [5, 5.41) is 0. The van der Waals surface area contributed by atoms with E-state index in [9.17, 15) is 8.78 Å². The standard InChI is InChI=1S/C32H38F4/c1-2-20-3-5-24(6-4-20)27-18-30(35)32(31(36)19-27)25-13-11-22(12-14-25)21-7-9-23(10-8-21)26-15-16-28(33)29(34)17-26/h2,15-25H,1,3-14H2. The highest BCUT2D eigenvalue weighted by molar-refractivity contribution is 5.32. The first-order valence-electron chi connectivity index (χ1n) is 14.0. The van der Waals surface area contributed by atoms with Gasteiger partial charge < -0.3 is 0 Å². The van der Waals surface area contributed by atoms with Crippen molar-refractivity contribution in [3.63, 3.8) is 0 Å². The maximum atomic E-state index is 15.2. The van der Waals surface area contributed by atoms with Crippen LogP contribution in [-0.4, -0.2) is 0 Å². The van der Waals surface area contributed by atoms with E-state index in [2.05, 4.69) is 6.58 Å². The summed E-state index contributed by atoms with van der Waals surface area (Å²) in [7, 11) is 0. The van der Waals surface area contributed by atoms with Gasteiger partial charge in [0.25, 0.3) is 0 Å². The van der Waals surface area contributed by atoms with Crippen molar-refractivity contribution in [3.05, 3.63) is 82.9 Å². The van der Waals surface area contributed by atoms with Crippen LogP contribution in [0.4, 0.5) is 17.6 Å². The lowest BCUT2D eigenvalue weighted by atomic mass is 9.67. The van der Waals surface area contributed by atoms with E-state index in [1.54, 1.807) is 18.2 Å². The SMILES string of the molecule is C=CC1CCC(c2cc(F)c(C3CCC(C4CCC(c5ccc(F)c(F)c5)CC4)CC3)c(F)c2)CC1. The summed E-state index contributed by atoms with van der Waals surface area (Å²) >= 11 is 0. The Morgan fingerprint density at radius 3 is 1.53 bits per heavy atom. The van der Waals surface area contributed by atoms with Crippen molar-refractivity contribution in [2.45, 2.75) is 94.8 Å². The molecule has 0 aliphatic heterocycles. The Kier molecular flexibility index (Phi) is 7.88. The third kappa shape index (κ3) is 5.43. The third-order valence-electron chi connectivity index (χ3n) is 9.71. The van der Waals surface area contributed by atoms with E-state index in [1.165, 1.54) is 12.1 Å². The Bertz CT molecular complexity index is 1030. The van der Waals surface area contributed by atoms with Crippen molar-refractivity contribution < 1.29 is 17.6 Å². The molecule has 194 valence electrons. The van der Waals surface area contributed by atoms with Gasteiger partial charge in [-0.3, -0.25) is 0 Å². The van der Waals surface area contributed by atoms with Gasteiger partial charge in [-0.15, -0.1) is 6.58 Å². The van der Waals surface area contributed by atoms with E-state index in [0.29, 0.717) is 29.2 Å². The Morgan fingerprint density at radius 1 is 0.528 bits per heavy atom. The summed E-state index contributed by atoms with van der Waals surface area (Å²) in [5.74, 6) is -0.0113. The van der Waals surface area contributed by atoms with Crippen LogP contribution in [0.1, 0.15) is 111 Å². The average Bonchev–Trinajstić information content (AvgIpc) is 2.90. The summed E-state index contributed by atoms with van der Waals surface area (Å²) in [6, 6.07) is 7.53. The smallest absolute Gasteiger partial charge is 0.159 e. The van der Waals surface area contributed by atoms with E-state index in [-0.39, 0.29) is 23.5 Å². The number of hydrogen-bond donors (Lipinski definition) is 0. The molecule has 0 atom stereocenters. The highest BCUT2D eigenvalue weighted by Gasteiger charge is 2.34. The Labute approximate surface area is 213 Å². The van der Waals surface area contributed by atoms with Gasteiger partial charge in [-0.25, -0.2) is 17.6 Å². The van der Waals surface area contributed by atoms with Gasteiger partial charge in [0.05, 0.1) is 0 Å². The van der Waals surface area contributed by atoms with E-state index in [0.717, 1.165) is 88.2 Å². The molecule has 0 saturated heterocycles. The molecule has 3 aliphatic carbocycles. The molecule has 36 heavy (non-hydrogen) atoms. The molecule has 4 heteroatoms. The Hall–Kier alpha value is -2.10. The van der Waals surface area contributed by atoms with Gasteiger partial charge in [-0.1, -0.05) is 12.1 Å². The van der Waals surface area contributed by atoms with Gasteiger partial charge >= 0.3 is 0 Å². The van der Waals surface area contributed by atoms with Crippen molar-refractivity contribution in [2.24, 2.45) is 17.8 Å². The average molecular weight is 499 g/mol. The zero-order valence-electron chi connectivity index (χ0n) is 21.1. The minimum atomic E-state index is -0.789. The molecule has 0 heterocycles. The lowest BCUT2D eigenvalue weighted by molar-refractivity contribution is 0.175. The molecular formula is C32H38F4. The molecule has 0 spiro atoms. The third-order valence-corrected chi connectivity index (χ3v) is 9.71. The number of allylic oxidation sites excluding steroid dienone is 1. The molecule has 3 aliphatic rings. The second kappa shape index (κ2) is 11.1. The zero-order valence-corrected chi connectivity index (χ0v) is 21.1. The first-order chi connectivity index (χ1) is 17.4. The van der Waals surface area contributed by atoms with E-state index >= 15 is 8.78 Å². The van der Waals surface area contributed by atoms with Crippen LogP contribution in [0.15, 0.2) is 43.0 Å². The summed E-state index contributed by atoms with van der Waals surface area (Å²) in [6.45, 7) is 3.89. The first-order valence-corrected chi connectivity index (χ1v) is 14.0. The van der Waals surface area contributed by atoms with Crippen LogP contribution >= 0.6 is 0 Å². The maximum absolute atomic E-state index is 15.2. The van der Waals surface area contributed by atoms with E-state index < -0.39 is 11.6 Å². The summed E-state index contributed by atoms with van der Waals surface area (Å²) in [5.41, 5.74) is 2.03. The predicted molar refractivity (Wildman–Crippen MR) is 137 cm³/mol. The van der Waals surface area contributed by atoms with Crippen LogP contribution in [0.5, 0.6) is 0 Å². The first kappa shape index (κ1) is 25.5. The zero-order chi connectivity index (χ0) is 25.2. The fourth-order valence-corrected chi connectivity index (χ4v) is 7.49. The van der Waals surface area contributed by atoms with Gasteiger partial charge in [-0.05, 0) is 148 Å². The van der Waals surface area contributed by atoms with Gasteiger partial charge in [0.15, 0.2) is 11.6 Å². The molecular weight excluding hydrogens is 460 g/mol. The highest BCUT2D eigenvalue weighted by Crippen LogP contribution is 2.47. The van der Waals surface area contributed by atoms with Crippen molar-refractivity contribution in [1.29, 1.82) is 0 Å². The molecule has 0 bridgehead atoms. The molecule has 0 amide bonds. The summed E-state index contributed by atoms with van der Waals surface area (Å²) in [6.07, 6.45) is 13.9. The van der Waals surface area contributed by atoms with Gasteiger partial charge in [0.2, 0.25) is 0 Å². The van der Waals surface area contributed by atoms with E-state index in [4.69, 9.17) is 0 Å². The molecule has 3 fully saturated rings. The van der Waals surface area contributed by atoms with Crippen LogP contribution in [0.25, 0.3) is 0 Å². The molecule has 2 aromatic carbocycles. The van der Waals surface area contributed by atoms with Gasteiger partial charge in [-0.2, -0.15) is 0 Å². The quantitative estimate of drug-likeness (QED) is 0.284. The topological polar surface area (TPSA) is 0 Å². The van der Waals surface area contributed by atoms with Crippen LogP contribution in [-0.2, 0) is 0 Å². The molecule has 2 aromatic rings. The molecule has 0 nitrogen and oxygen atoms in total. The summed E-state index contributed by atoms with van der Waals surface area (Å²) < 4.78 is 57.3. The highest BCUT2D eigenvalue weighted by atomic mass is 19.2. The second-order valence-electron chi connectivity index (χ2n) is 11.6. The van der Waals surface area contributed by atoms with Crippen molar-refractivity contribution in [2.75, 3.05) is 0 Å². The molecule has 0 radical (unpaired) electrons. The molecule has 0 unspecified atom stereocenters. The largest absolute Gasteiger partial charge is 0.207 e. The maximum Gasteiger partial charge on any atom is 0.159 e. The van der Waals surface area contributed by atoms with Crippen LogP contribution in [0.3, 0.4) is 0 Å². The second-order valence-corrected chi connectivity index (χ2v) is 11.6. The van der Waals surface area contributed by atoms with Crippen LogP contribution in [0.2, 0.25) is 0 Å². The fraction of sp³-hybridized carbons (Fsp3) is 0.562. The number of benzene rings is 2.